The summed E-state index contributed by atoms with van der Waals surface area (Å²) >= 11 is 0. The van der Waals surface area contributed by atoms with Crippen LogP contribution in [0.1, 0.15) is 31.4 Å². The normalized spacial score (nSPS) is 13.7. The maximum atomic E-state index is 12.9. The van der Waals surface area contributed by atoms with Gasteiger partial charge < -0.3 is 10.2 Å². The lowest BCUT2D eigenvalue weighted by molar-refractivity contribution is 0.221. The zero-order valence-corrected chi connectivity index (χ0v) is 20.7. The van der Waals surface area contributed by atoms with Gasteiger partial charge in [-0.05, 0) is 70.5 Å². The smallest absolute Gasteiger partial charge is 0.307 e. The summed E-state index contributed by atoms with van der Waals surface area (Å²) in [6, 6.07) is 8.31. The molecular weight excluding hydrogens is 452 g/mol. The Morgan fingerprint density at radius 1 is 1.18 bits per heavy atom. The standard InChI is InChI=1S/C24H30N6O3S/c1-24(2,16-29(3)4)30-14-12-21(27-30)34(32,33)28-23(31)26-22-19-9-5-7-17(19)10-11-20(22)18-8-6-13-25-15-18/h6,8,10-15H,5,7,9,16H2,1-4H3,(H2,26,28,31). The zero-order valence-electron chi connectivity index (χ0n) is 19.9. The molecule has 0 saturated carbocycles. The van der Waals surface area contributed by atoms with Crippen molar-refractivity contribution in [3.63, 3.8) is 0 Å². The van der Waals surface area contributed by atoms with Gasteiger partial charge in [0.2, 0.25) is 0 Å². The summed E-state index contributed by atoms with van der Waals surface area (Å²) in [6.07, 6.45) is 7.75. The van der Waals surface area contributed by atoms with Crippen LogP contribution in [-0.4, -0.2) is 54.8 Å². The molecule has 1 aliphatic carbocycles. The average molecular weight is 483 g/mol. The Labute approximate surface area is 200 Å². The van der Waals surface area contributed by atoms with Crippen LogP contribution in [0.4, 0.5) is 10.5 Å². The van der Waals surface area contributed by atoms with Crippen molar-refractivity contribution in [2.75, 3.05) is 26.0 Å². The fourth-order valence-corrected chi connectivity index (χ4v) is 5.35. The van der Waals surface area contributed by atoms with E-state index in [0.717, 1.165) is 41.5 Å². The van der Waals surface area contributed by atoms with Crippen LogP contribution in [0.15, 0.2) is 53.9 Å². The summed E-state index contributed by atoms with van der Waals surface area (Å²) < 4.78 is 29.5. The third kappa shape index (κ3) is 4.97. The van der Waals surface area contributed by atoms with E-state index in [9.17, 15) is 13.2 Å². The minimum absolute atomic E-state index is 0.208. The number of pyridine rings is 1. The second kappa shape index (κ2) is 9.19. The topological polar surface area (TPSA) is 109 Å². The number of amides is 2. The first-order chi connectivity index (χ1) is 16.1. The number of nitrogens with zero attached hydrogens (tertiary/aromatic N) is 4. The molecule has 0 unspecified atom stereocenters. The van der Waals surface area contributed by atoms with Gasteiger partial charge in [-0.2, -0.15) is 13.5 Å². The number of carbonyl (C=O) groups is 1. The maximum absolute atomic E-state index is 12.9. The molecular formula is C24H30N6O3S. The number of carbonyl (C=O) groups excluding carboxylic acids is 1. The van der Waals surface area contributed by atoms with E-state index >= 15 is 0 Å². The highest BCUT2D eigenvalue weighted by Gasteiger charge is 2.27. The molecule has 0 spiro atoms. The van der Waals surface area contributed by atoms with Gasteiger partial charge in [-0.15, -0.1) is 0 Å². The summed E-state index contributed by atoms with van der Waals surface area (Å²) in [5, 5.41) is 6.83. The molecule has 0 fully saturated rings. The van der Waals surface area contributed by atoms with Gasteiger partial charge >= 0.3 is 6.03 Å². The third-order valence-corrected chi connectivity index (χ3v) is 7.11. The number of hydrogen-bond donors (Lipinski definition) is 2. The van der Waals surface area contributed by atoms with E-state index in [1.54, 1.807) is 23.3 Å². The summed E-state index contributed by atoms with van der Waals surface area (Å²) in [6.45, 7) is 4.59. The van der Waals surface area contributed by atoms with Crippen molar-refractivity contribution in [1.82, 2.24) is 24.4 Å². The lowest BCUT2D eigenvalue weighted by atomic mass is 9.98. The molecule has 0 saturated heterocycles. The number of hydrogen-bond acceptors (Lipinski definition) is 6. The Bertz CT molecular complexity index is 1300. The van der Waals surface area contributed by atoms with Crippen LogP contribution < -0.4 is 10.0 Å². The van der Waals surface area contributed by atoms with E-state index in [1.165, 1.54) is 6.07 Å². The van der Waals surface area contributed by atoms with E-state index in [1.807, 2.05) is 51.0 Å². The average Bonchev–Trinajstić information content (AvgIpc) is 3.44. The van der Waals surface area contributed by atoms with Crippen LogP contribution in [0.25, 0.3) is 11.1 Å². The lowest BCUT2D eigenvalue weighted by Gasteiger charge is -2.28. The number of aromatic nitrogens is 3. The number of urea groups is 1. The number of likely N-dealkylation sites (N-methyl/N-ethyl adjacent to an activating group) is 1. The second-order valence-corrected chi connectivity index (χ2v) is 11.1. The van der Waals surface area contributed by atoms with Gasteiger partial charge in [-0.25, -0.2) is 9.52 Å². The highest BCUT2D eigenvalue weighted by Crippen LogP contribution is 2.37. The van der Waals surface area contributed by atoms with Crippen molar-refractivity contribution in [1.29, 1.82) is 0 Å². The zero-order chi connectivity index (χ0) is 24.5. The monoisotopic (exact) mass is 482 g/mol. The first-order valence-corrected chi connectivity index (χ1v) is 12.6. The molecule has 0 atom stereocenters. The summed E-state index contributed by atoms with van der Waals surface area (Å²) in [5.41, 5.74) is 4.03. The number of fused-ring (bicyclic) bond motifs is 1. The van der Waals surface area contributed by atoms with Gasteiger partial charge in [0.05, 0.1) is 11.2 Å². The van der Waals surface area contributed by atoms with E-state index in [2.05, 4.69) is 26.2 Å². The van der Waals surface area contributed by atoms with Crippen molar-refractivity contribution in [3.05, 3.63) is 60.0 Å². The number of nitrogens with one attached hydrogen (secondary N) is 2. The molecule has 2 heterocycles. The van der Waals surface area contributed by atoms with Crippen molar-refractivity contribution in [2.24, 2.45) is 0 Å². The predicted molar refractivity (Wildman–Crippen MR) is 131 cm³/mol. The summed E-state index contributed by atoms with van der Waals surface area (Å²) in [4.78, 5) is 19.1. The first-order valence-electron chi connectivity index (χ1n) is 11.2. The molecule has 2 amide bonds. The largest absolute Gasteiger partial charge is 0.333 e. The van der Waals surface area contributed by atoms with Crippen molar-refractivity contribution >= 4 is 21.7 Å². The Morgan fingerprint density at radius 3 is 2.68 bits per heavy atom. The number of anilines is 1. The molecule has 2 N–H and O–H groups in total. The van der Waals surface area contributed by atoms with Crippen LogP contribution in [0.3, 0.4) is 0 Å². The molecule has 2 aromatic heterocycles. The van der Waals surface area contributed by atoms with E-state index in [-0.39, 0.29) is 5.03 Å². The van der Waals surface area contributed by atoms with Crippen molar-refractivity contribution < 1.29 is 13.2 Å². The number of sulfonamides is 1. The van der Waals surface area contributed by atoms with E-state index in [4.69, 9.17) is 0 Å². The van der Waals surface area contributed by atoms with Gasteiger partial charge in [0.1, 0.15) is 0 Å². The molecule has 1 aromatic carbocycles. The minimum Gasteiger partial charge on any atom is -0.307 e. The summed E-state index contributed by atoms with van der Waals surface area (Å²) in [5.74, 6) is 0. The Balaban J connectivity index is 1.57. The maximum Gasteiger partial charge on any atom is 0.333 e. The molecule has 180 valence electrons. The van der Waals surface area contributed by atoms with E-state index < -0.39 is 21.6 Å². The van der Waals surface area contributed by atoms with Crippen LogP contribution in [0.5, 0.6) is 0 Å². The second-order valence-electron chi connectivity index (χ2n) is 9.43. The minimum atomic E-state index is -4.16. The number of rotatable bonds is 7. The Kier molecular flexibility index (Phi) is 6.46. The van der Waals surface area contributed by atoms with Crippen molar-refractivity contribution in [3.8, 4) is 11.1 Å². The Morgan fingerprint density at radius 2 is 1.97 bits per heavy atom. The van der Waals surface area contributed by atoms with Gasteiger partial charge in [-0.1, -0.05) is 18.2 Å². The van der Waals surface area contributed by atoms with Crippen LogP contribution in [0.2, 0.25) is 0 Å². The highest BCUT2D eigenvalue weighted by molar-refractivity contribution is 7.90. The third-order valence-electron chi connectivity index (χ3n) is 5.88. The van der Waals surface area contributed by atoms with Crippen LogP contribution >= 0.6 is 0 Å². The van der Waals surface area contributed by atoms with Gasteiger partial charge in [-0.3, -0.25) is 9.67 Å². The van der Waals surface area contributed by atoms with Crippen molar-refractivity contribution in [2.45, 2.75) is 43.7 Å². The van der Waals surface area contributed by atoms with Gasteiger partial charge in [0, 0.05) is 36.3 Å². The fraction of sp³-hybridized carbons (Fsp3) is 0.375. The van der Waals surface area contributed by atoms with Gasteiger partial charge in [0.15, 0.2) is 5.03 Å². The number of aryl methyl sites for hydroxylation is 1. The molecule has 34 heavy (non-hydrogen) atoms. The lowest BCUT2D eigenvalue weighted by Crippen LogP contribution is -2.38. The number of benzene rings is 1. The van der Waals surface area contributed by atoms with E-state index in [0.29, 0.717) is 12.2 Å². The SMILES string of the molecule is CN(C)CC(C)(C)n1ccc(S(=O)(=O)NC(=O)Nc2c(-c3cccnc3)ccc3c2CCC3)n1. The fourth-order valence-electron chi connectivity index (χ4n) is 4.52. The summed E-state index contributed by atoms with van der Waals surface area (Å²) in [7, 11) is -0.280. The molecule has 3 aromatic rings. The predicted octanol–water partition coefficient (Wildman–Crippen LogP) is 3.24. The molecule has 9 nitrogen and oxygen atoms in total. The molecule has 0 aliphatic heterocycles. The van der Waals surface area contributed by atoms with Crippen LogP contribution in [0, 0.1) is 0 Å². The molecule has 10 heteroatoms. The molecule has 4 rings (SSSR count). The Hall–Kier alpha value is -3.24. The van der Waals surface area contributed by atoms with Gasteiger partial charge in [0.25, 0.3) is 10.0 Å². The quantitative estimate of drug-likeness (QED) is 0.535. The molecule has 1 aliphatic rings. The molecule has 0 radical (unpaired) electrons. The highest BCUT2D eigenvalue weighted by atomic mass is 32.2. The first kappa shape index (κ1) is 23.9. The van der Waals surface area contributed by atoms with Crippen LogP contribution in [-0.2, 0) is 28.4 Å². The molecule has 0 bridgehead atoms.